The molecule has 2 heterocycles. The van der Waals surface area contributed by atoms with E-state index in [4.69, 9.17) is 4.52 Å². The SMILES string of the molecule is O=C1CC[C@H](C(=O)NCc2cc(-c3ccccc3)on2)NC(=O)N1. The first-order valence-electron chi connectivity index (χ1n) is 7.51. The highest BCUT2D eigenvalue weighted by Gasteiger charge is 2.26. The molecular weight excluding hydrogens is 312 g/mol. The van der Waals surface area contributed by atoms with Gasteiger partial charge in [-0.25, -0.2) is 4.79 Å². The number of hydrogen-bond acceptors (Lipinski definition) is 5. The Labute approximate surface area is 137 Å². The van der Waals surface area contributed by atoms with Crippen LogP contribution in [0.15, 0.2) is 40.9 Å². The van der Waals surface area contributed by atoms with Gasteiger partial charge < -0.3 is 15.2 Å². The minimum Gasteiger partial charge on any atom is -0.356 e. The molecule has 24 heavy (non-hydrogen) atoms. The van der Waals surface area contributed by atoms with Crippen molar-refractivity contribution in [1.29, 1.82) is 0 Å². The van der Waals surface area contributed by atoms with Gasteiger partial charge in [0.25, 0.3) is 0 Å². The number of hydrogen-bond donors (Lipinski definition) is 3. The van der Waals surface area contributed by atoms with E-state index in [2.05, 4.69) is 21.1 Å². The molecule has 1 aliphatic heterocycles. The van der Waals surface area contributed by atoms with Gasteiger partial charge in [-0.15, -0.1) is 0 Å². The molecule has 3 rings (SSSR count). The first-order chi connectivity index (χ1) is 11.6. The van der Waals surface area contributed by atoms with Gasteiger partial charge >= 0.3 is 6.03 Å². The number of benzene rings is 1. The molecule has 2 aromatic rings. The summed E-state index contributed by atoms with van der Waals surface area (Å²) in [6.45, 7) is 0.170. The summed E-state index contributed by atoms with van der Waals surface area (Å²) in [5.74, 6) is -0.159. The fraction of sp³-hybridized carbons (Fsp3) is 0.250. The monoisotopic (exact) mass is 328 g/mol. The van der Waals surface area contributed by atoms with E-state index in [1.54, 1.807) is 6.07 Å². The molecule has 0 aliphatic carbocycles. The van der Waals surface area contributed by atoms with E-state index in [9.17, 15) is 14.4 Å². The Hall–Kier alpha value is -3.16. The van der Waals surface area contributed by atoms with Crippen molar-refractivity contribution >= 4 is 17.8 Å². The number of rotatable bonds is 4. The van der Waals surface area contributed by atoms with E-state index in [-0.39, 0.29) is 25.3 Å². The van der Waals surface area contributed by atoms with Gasteiger partial charge in [0, 0.05) is 18.1 Å². The lowest BCUT2D eigenvalue weighted by atomic mass is 10.1. The van der Waals surface area contributed by atoms with Gasteiger partial charge in [0.1, 0.15) is 11.7 Å². The maximum Gasteiger partial charge on any atom is 0.322 e. The fourth-order valence-corrected chi connectivity index (χ4v) is 2.36. The summed E-state index contributed by atoms with van der Waals surface area (Å²) >= 11 is 0. The van der Waals surface area contributed by atoms with Crippen molar-refractivity contribution in [1.82, 2.24) is 21.1 Å². The van der Waals surface area contributed by atoms with E-state index in [0.717, 1.165) is 5.56 Å². The van der Waals surface area contributed by atoms with Crippen LogP contribution in [0.4, 0.5) is 4.79 Å². The van der Waals surface area contributed by atoms with Crippen molar-refractivity contribution < 1.29 is 18.9 Å². The van der Waals surface area contributed by atoms with Crippen LogP contribution < -0.4 is 16.0 Å². The third-order valence-corrected chi connectivity index (χ3v) is 3.60. The number of nitrogens with zero attached hydrogens (tertiary/aromatic N) is 1. The maximum absolute atomic E-state index is 12.1. The zero-order valence-electron chi connectivity index (χ0n) is 12.7. The molecule has 1 saturated heterocycles. The van der Waals surface area contributed by atoms with Crippen LogP contribution in [0.2, 0.25) is 0 Å². The van der Waals surface area contributed by atoms with Crippen LogP contribution in [-0.2, 0) is 16.1 Å². The van der Waals surface area contributed by atoms with Gasteiger partial charge in [-0.2, -0.15) is 0 Å². The van der Waals surface area contributed by atoms with Crippen LogP contribution in [0.3, 0.4) is 0 Å². The normalized spacial score (nSPS) is 17.6. The van der Waals surface area contributed by atoms with Gasteiger partial charge in [-0.3, -0.25) is 14.9 Å². The Morgan fingerprint density at radius 2 is 2.08 bits per heavy atom. The summed E-state index contributed by atoms with van der Waals surface area (Å²) < 4.78 is 5.25. The molecule has 8 nitrogen and oxygen atoms in total. The van der Waals surface area contributed by atoms with Crippen molar-refractivity contribution in [3.05, 3.63) is 42.1 Å². The predicted molar refractivity (Wildman–Crippen MR) is 83.5 cm³/mol. The Kier molecular flexibility index (Phi) is 4.55. The minimum absolute atomic E-state index is 0.110. The van der Waals surface area contributed by atoms with E-state index >= 15 is 0 Å². The fourth-order valence-electron chi connectivity index (χ4n) is 2.36. The van der Waals surface area contributed by atoms with Gasteiger partial charge in [0.05, 0.1) is 6.54 Å². The average molecular weight is 328 g/mol. The highest BCUT2D eigenvalue weighted by atomic mass is 16.5. The van der Waals surface area contributed by atoms with Gasteiger partial charge in [0.15, 0.2) is 5.76 Å². The topological polar surface area (TPSA) is 113 Å². The lowest BCUT2D eigenvalue weighted by Crippen LogP contribution is -2.48. The number of carbonyl (C=O) groups is 3. The van der Waals surface area contributed by atoms with Crippen molar-refractivity contribution in [3.63, 3.8) is 0 Å². The maximum atomic E-state index is 12.1. The van der Waals surface area contributed by atoms with Crippen LogP contribution in [0, 0.1) is 0 Å². The number of imide groups is 1. The third-order valence-electron chi connectivity index (χ3n) is 3.60. The average Bonchev–Trinajstić information content (AvgIpc) is 2.99. The summed E-state index contributed by atoms with van der Waals surface area (Å²) in [7, 11) is 0. The predicted octanol–water partition coefficient (Wildman–Crippen LogP) is 0.946. The van der Waals surface area contributed by atoms with Crippen LogP contribution >= 0.6 is 0 Å². The number of carbonyl (C=O) groups excluding carboxylic acids is 3. The molecule has 1 aromatic carbocycles. The van der Waals surface area contributed by atoms with E-state index in [0.29, 0.717) is 11.5 Å². The third kappa shape index (κ3) is 3.78. The van der Waals surface area contributed by atoms with Gasteiger partial charge in [-0.05, 0) is 6.42 Å². The summed E-state index contributed by atoms with van der Waals surface area (Å²) in [6, 6.07) is 9.81. The number of urea groups is 1. The molecule has 1 atom stereocenters. The molecule has 8 heteroatoms. The summed E-state index contributed by atoms with van der Waals surface area (Å²) in [4.78, 5) is 34.8. The lowest BCUT2D eigenvalue weighted by molar-refractivity contribution is -0.123. The number of aromatic nitrogens is 1. The molecule has 0 bridgehead atoms. The first-order valence-corrected chi connectivity index (χ1v) is 7.51. The molecular formula is C16H16N4O4. The van der Waals surface area contributed by atoms with Crippen molar-refractivity contribution in [2.75, 3.05) is 0 Å². The second-order valence-corrected chi connectivity index (χ2v) is 5.38. The van der Waals surface area contributed by atoms with E-state index in [1.165, 1.54) is 0 Å². The van der Waals surface area contributed by atoms with Crippen LogP contribution in [-0.4, -0.2) is 29.0 Å². The highest BCUT2D eigenvalue weighted by Crippen LogP contribution is 2.19. The van der Waals surface area contributed by atoms with Gasteiger partial charge in [-0.1, -0.05) is 35.5 Å². The Morgan fingerprint density at radius 1 is 1.29 bits per heavy atom. The van der Waals surface area contributed by atoms with Crippen molar-refractivity contribution in [2.24, 2.45) is 0 Å². The molecule has 1 aromatic heterocycles. The van der Waals surface area contributed by atoms with E-state index in [1.807, 2.05) is 30.3 Å². The van der Waals surface area contributed by atoms with Crippen LogP contribution in [0.25, 0.3) is 11.3 Å². The second kappa shape index (κ2) is 6.95. The smallest absolute Gasteiger partial charge is 0.322 e. The number of nitrogens with one attached hydrogen (secondary N) is 3. The Morgan fingerprint density at radius 3 is 2.88 bits per heavy atom. The Bertz CT molecular complexity index is 756. The summed E-state index contributed by atoms with van der Waals surface area (Å²) in [5.41, 5.74) is 1.46. The summed E-state index contributed by atoms with van der Waals surface area (Å²) in [6.07, 6.45) is 0.358. The lowest BCUT2D eigenvalue weighted by Gasteiger charge is -2.13. The molecule has 4 amide bonds. The zero-order valence-corrected chi connectivity index (χ0v) is 12.7. The largest absolute Gasteiger partial charge is 0.356 e. The van der Waals surface area contributed by atoms with Crippen LogP contribution in [0.5, 0.6) is 0 Å². The van der Waals surface area contributed by atoms with Gasteiger partial charge in [0.2, 0.25) is 11.8 Å². The first kappa shape index (κ1) is 15.7. The van der Waals surface area contributed by atoms with E-state index < -0.39 is 18.0 Å². The molecule has 0 spiro atoms. The Balaban J connectivity index is 1.57. The molecule has 1 aliphatic rings. The molecule has 0 saturated carbocycles. The van der Waals surface area contributed by atoms with Crippen molar-refractivity contribution in [2.45, 2.75) is 25.4 Å². The number of amides is 4. The molecule has 3 N–H and O–H groups in total. The summed E-state index contributed by atoms with van der Waals surface area (Å²) in [5, 5.41) is 11.2. The molecule has 0 radical (unpaired) electrons. The molecule has 1 fully saturated rings. The van der Waals surface area contributed by atoms with Crippen molar-refractivity contribution in [3.8, 4) is 11.3 Å². The standard InChI is InChI=1S/C16H16N4O4/c21-14-7-6-12(18-16(23)19-14)15(22)17-9-11-8-13(24-20-11)10-4-2-1-3-5-10/h1-5,8,12H,6-7,9H2,(H,17,22)(H2,18,19,21,23)/t12-/m1/s1. The minimum atomic E-state index is -0.753. The zero-order chi connectivity index (χ0) is 16.9. The molecule has 0 unspecified atom stereocenters. The second-order valence-electron chi connectivity index (χ2n) is 5.38. The van der Waals surface area contributed by atoms with Crippen LogP contribution in [0.1, 0.15) is 18.5 Å². The highest BCUT2D eigenvalue weighted by molar-refractivity contribution is 5.98. The quantitative estimate of drug-likeness (QED) is 0.773. The molecule has 124 valence electrons.